The molecular weight excluding hydrogens is 437 g/mol. The Labute approximate surface area is 163 Å². The van der Waals surface area contributed by atoms with Crippen molar-refractivity contribution in [2.75, 3.05) is 31.7 Å². The Bertz CT molecular complexity index is 667. The first-order valence-corrected chi connectivity index (χ1v) is 8.73. The topological polar surface area (TPSA) is 68.7 Å². The zero-order valence-corrected chi connectivity index (χ0v) is 16.7. The van der Waals surface area contributed by atoms with Gasteiger partial charge < -0.3 is 15.4 Å². The number of nitrogens with two attached hydrogens (primary N) is 1. The summed E-state index contributed by atoms with van der Waals surface area (Å²) < 4.78 is 7.00. The summed E-state index contributed by atoms with van der Waals surface area (Å²) in [5, 5.41) is 4.54. The summed E-state index contributed by atoms with van der Waals surface area (Å²) in [6, 6.07) is 9.74. The highest BCUT2D eigenvalue weighted by Gasteiger charge is 2.12. The number of halogens is 1. The van der Waals surface area contributed by atoms with E-state index in [0.29, 0.717) is 12.5 Å². The second-order valence-corrected chi connectivity index (χ2v) is 6.45. The van der Waals surface area contributed by atoms with Gasteiger partial charge in [-0.1, -0.05) is 0 Å². The van der Waals surface area contributed by atoms with Crippen molar-refractivity contribution in [2.45, 2.75) is 6.54 Å². The molecule has 1 saturated heterocycles. The van der Waals surface area contributed by atoms with Crippen LogP contribution in [0.15, 0.2) is 41.5 Å². The number of nitrogens with zero attached hydrogens (tertiary/aromatic N) is 4. The van der Waals surface area contributed by atoms with Gasteiger partial charge in [-0.15, -0.1) is 24.0 Å². The summed E-state index contributed by atoms with van der Waals surface area (Å²) in [7, 11) is 1.66. The highest BCUT2D eigenvalue weighted by atomic mass is 127. The monoisotopic (exact) mass is 459 g/mol. The quantitative estimate of drug-likeness (QED) is 0.432. The predicted molar refractivity (Wildman–Crippen MR) is 110 cm³/mol. The van der Waals surface area contributed by atoms with Crippen molar-refractivity contribution < 1.29 is 4.74 Å². The normalized spacial score (nSPS) is 15.0. The number of thioether (sulfide) groups is 1. The molecular formula is C16H22IN5OS. The van der Waals surface area contributed by atoms with Gasteiger partial charge >= 0.3 is 0 Å². The van der Waals surface area contributed by atoms with Gasteiger partial charge in [-0.2, -0.15) is 16.9 Å². The lowest BCUT2D eigenvalue weighted by molar-refractivity contribution is 0.414. The zero-order valence-electron chi connectivity index (χ0n) is 13.6. The molecule has 0 radical (unpaired) electrons. The van der Waals surface area contributed by atoms with Crippen molar-refractivity contribution in [1.29, 1.82) is 0 Å². The Morgan fingerprint density at radius 2 is 1.96 bits per heavy atom. The van der Waals surface area contributed by atoms with Gasteiger partial charge in [0.05, 0.1) is 25.0 Å². The minimum atomic E-state index is 0. The SMILES string of the molecule is COc1ccc(-n2ccc(CN=C(N)N3CCSCC3)n2)cc1.I. The van der Waals surface area contributed by atoms with E-state index in [1.165, 1.54) is 0 Å². The van der Waals surface area contributed by atoms with Crippen molar-refractivity contribution in [2.24, 2.45) is 10.7 Å². The van der Waals surface area contributed by atoms with E-state index in [-0.39, 0.29) is 24.0 Å². The van der Waals surface area contributed by atoms with Crippen LogP contribution in [0, 0.1) is 0 Å². The minimum Gasteiger partial charge on any atom is -0.497 e. The lowest BCUT2D eigenvalue weighted by atomic mass is 10.3. The summed E-state index contributed by atoms with van der Waals surface area (Å²) >= 11 is 1.96. The highest BCUT2D eigenvalue weighted by molar-refractivity contribution is 14.0. The maximum atomic E-state index is 6.06. The number of rotatable bonds is 4. The average Bonchev–Trinajstić information content (AvgIpc) is 3.09. The second-order valence-electron chi connectivity index (χ2n) is 5.22. The molecule has 0 amide bonds. The van der Waals surface area contributed by atoms with Crippen molar-refractivity contribution in [3.05, 3.63) is 42.2 Å². The van der Waals surface area contributed by atoms with E-state index in [0.717, 1.165) is 41.7 Å². The average molecular weight is 459 g/mol. The molecule has 1 aromatic heterocycles. The molecule has 0 spiro atoms. The van der Waals surface area contributed by atoms with Crippen molar-refractivity contribution >= 4 is 41.7 Å². The molecule has 2 N–H and O–H groups in total. The van der Waals surface area contributed by atoms with E-state index in [1.54, 1.807) is 7.11 Å². The number of methoxy groups -OCH3 is 1. The van der Waals surface area contributed by atoms with Gasteiger partial charge in [0.25, 0.3) is 0 Å². The molecule has 2 heterocycles. The molecule has 8 heteroatoms. The first-order valence-electron chi connectivity index (χ1n) is 7.58. The van der Waals surface area contributed by atoms with Crippen LogP contribution in [0.3, 0.4) is 0 Å². The fourth-order valence-corrected chi connectivity index (χ4v) is 3.28. The van der Waals surface area contributed by atoms with Crippen molar-refractivity contribution in [1.82, 2.24) is 14.7 Å². The zero-order chi connectivity index (χ0) is 16.1. The van der Waals surface area contributed by atoms with Crippen LogP contribution in [-0.2, 0) is 6.54 Å². The van der Waals surface area contributed by atoms with Gasteiger partial charge in [0, 0.05) is 30.8 Å². The molecule has 130 valence electrons. The number of benzene rings is 1. The summed E-state index contributed by atoms with van der Waals surface area (Å²) in [5.74, 6) is 3.67. The molecule has 6 nitrogen and oxygen atoms in total. The molecule has 1 aliphatic rings. The lowest BCUT2D eigenvalue weighted by Gasteiger charge is -2.27. The van der Waals surface area contributed by atoms with Crippen molar-refractivity contribution in [3.8, 4) is 11.4 Å². The molecule has 0 saturated carbocycles. The molecule has 24 heavy (non-hydrogen) atoms. The number of hydrogen-bond acceptors (Lipinski definition) is 4. The number of aliphatic imine (C=N–C) groups is 1. The maximum absolute atomic E-state index is 6.06. The van der Waals surface area contributed by atoms with Crippen LogP contribution < -0.4 is 10.5 Å². The van der Waals surface area contributed by atoms with E-state index in [2.05, 4.69) is 15.0 Å². The third kappa shape index (κ3) is 4.79. The summed E-state index contributed by atoms with van der Waals surface area (Å²) in [4.78, 5) is 6.60. The van der Waals surface area contributed by atoms with Gasteiger partial charge in [-0.3, -0.25) is 0 Å². The molecule has 2 aromatic rings. The minimum absolute atomic E-state index is 0. The number of aromatic nitrogens is 2. The van der Waals surface area contributed by atoms with Crippen LogP contribution in [0.5, 0.6) is 5.75 Å². The third-order valence-electron chi connectivity index (χ3n) is 3.72. The van der Waals surface area contributed by atoms with Crippen LogP contribution in [-0.4, -0.2) is 52.3 Å². The van der Waals surface area contributed by atoms with E-state index < -0.39 is 0 Å². The van der Waals surface area contributed by atoms with E-state index in [4.69, 9.17) is 10.5 Å². The standard InChI is InChI=1S/C16H21N5OS.HI/c1-22-15-4-2-14(3-5-15)21-7-6-13(19-21)12-18-16(17)20-8-10-23-11-9-20;/h2-7H,8-12H2,1H3,(H2,17,18);1H. The molecule has 1 aliphatic heterocycles. The van der Waals surface area contributed by atoms with Gasteiger partial charge in [0.2, 0.25) is 0 Å². The Hall–Kier alpha value is -1.42. The van der Waals surface area contributed by atoms with Crippen LogP contribution in [0.1, 0.15) is 5.69 Å². The summed E-state index contributed by atoms with van der Waals surface area (Å²) in [6.45, 7) is 2.44. The van der Waals surface area contributed by atoms with E-state index in [1.807, 2.05) is 53.0 Å². The largest absolute Gasteiger partial charge is 0.497 e. The molecule has 1 fully saturated rings. The van der Waals surface area contributed by atoms with Gasteiger partial charge in [0.1, 0.15) is 5.75 Å². The van der Waals surface area contributed by atoms with Crippen LogP contribution in [0.4, 0.5) is 0 Å². The van der Waals surface area contributed by atoms with E-state index in [9.17, 15) is 0 Å². The van der Waals surface area contributed by atoms with Crippen LogP contribution >= 0.6 is 35.7 Å². The second kappa shape index (κ2) is 9.16. The molecule has 0 aliphatic carbocycles. The molecule has 1 aromatic carbocycles. The third-order valence-corrected chi connectivity index (χ3v) is 4.66. The first-order chi connectivity index (χ1) is 11.3. The number of ether oxygens (including phenoxy) is 1. The maximum Gasteiger partial charge on any atom is 0.191 e. The van der Waals surface area contributed by atoms with Crippen molar-refractivity contribution in [3.63, 3.8) is 0 Å². The van der Waals surface area contributed by atoms with Crippen LogP contribution in [0.25, 0.3) is 5.69 Å². The fourth-order valence-electron chi connectivity index (χ4n) is 2.38. The number of guanidine groups is 1. The van der Waals surface area contributed by atoms with Gasteiger partial charge in [0.15, 0.2) is 5.96 Å². The highest BCUT2D eigenvalue weighted by Crippen LogP contribution is 2.15. The fraction of sp³-hybridized carbons (Fsp3) is 0.375. The molecule has 0 unspecified atom stereocenters. The van der Waals surface area contributed by atoms with Gasteiger partial charge in [-0.05, 0) is 30.3 Å². The molecule has 0 bridgehead atoms. The van der Waals surface area contributed by atoms with E-state index >= 15 is 0 Å². The Morgan fingerprint density at radius 3 is 2.62 bits per heavy atom. The summed E-state index contributed by atoms with van der Waals surface area (Å²) in [5.41, 5.74) is 7.95. The Balaban J connectivity index is 0.00000208. The predicted octanol–water partition coefficient (Wildman–Crippen LogP) is 2.36. The molecule has 3 rings (SSSR count). The smallest absolute Gasteiger partial charge is 0.191 e. The molecule has 0 atom stereocenters. The van der Waals surface area contributed by atoms with Crippen LogP contribution in [0.2, 0.25) is 0 Å². The Morgan fingerprint density at radius 1 is 1.25 bits per heavy atom. The first kappa shape index (κ1) is 18.9. The summed E-state index contributed by atoms with van der Waals surface area (Å²) in [6.07, 6.45) is 1.93. The lowest BCUT2D eigenvalue weighted by Crippen LogP contribution is -2.42. The Kier molecular flexibility index (Phi) is 7.22. The number of hydrogen-bond donors (Lipinski definition) is 1. The van der Waals surface area contributed by atoms with Gasteiger partial charge in [-0.25, -0.2) is 9.67 Å².